The lowest BCUT2D eigenvalue weighted by Crippen LogP contribution is -2.28. The fourth-order valence-corrected chi connectivity index (χ4v) is 3.33. The summed E-state index contributed by atoms with van der Waals surface area (Å²) in [6.07, 6.45) is 0. The predicted octanol–water partition coefficient (Wildman–Crippen LogP) is 3.33. The molecule has 0 saturated heterocycles. The second-order valence-electron chi connectivity index (χ2n) is 6.58. The fraction of sp³-hybridized carbons (Fsp3) is 0.238. The highest BCUT2D eigenvalue weighted by molar-refractivity contribution is 5.95. The van der Waals surface area contributed by atoms with Gasteiger partial charge in [0.1, 0.15) is 0 Å². The van der Waals surface area contributed by atoms with Crippen LogP contribution in [-0.2, 0) is 6.54 Å². The van der Waals surface area contributed by atoms with E-state index in [1.54, 1.807) is 0 Å². The largest absolute Gasteiger partial charge is 0.348 e. The Labute approximate surface area is 152 Å². The number of hydrogen-bond donors (Lipinski definition) is 2. The number of benzene rings is 1. The van der Waals surface area contributed by atoms with Crippen LogP contribution < -0.4 is 10.9 Å². The maximum atomic E-state index is 12.7. The minimum atomic E-state index is -0.181. The number of rotatable bonds is 4. The molecule has 134 valence electrons. The SMILES string of the molecule is Cc1cc(C)c(CNC(=O)c2cc(C)n(-c3ccccc3)c2C)c(=O)[nH]1. The molecular weight excluding hydrogens is 326 g/mol. The van der Waals surface area contributed by atoms with Crippen molar-refractivity contribution in [3.8, 4) is 5.69 Å². The van der Waals surface area contributed by atoms with Gasteiger partial charge in [-0.05, 0) is 57.5 Å². The molecule has 26 heavy (non-hydrogen) atoms. The van der Waals surface area contributed by atoms with Gasteiger partial charge in [-0.2, -0.15) is 0 Å². The minimum absolute atomic E-state index is 0.155. The highest BCUT2D eigenvalue weighted by Crippen LogP contribution is 2.20. The monoisotopic (exact) mass is 349 g/mol. The third kappa shape index (κ3) is 3.33. The molecule has 1 aromatic carbocycles. The fourth-order valence-electron chi connectivity index (χ4n) is 3.33. The van der Waals surface area contributed by atoms with Crippen molar-refractivity contribution >= 4 is 5.91 Å². The van der Waals surface area contributed by atoms with E-state index in [0.29, 0.717) is 11.1 Å². The summed E-state index contributed by atoms with van der Waals surface area (Å²) >= 11 is 0. The Morgan fingerprint density at radius 1 is 1.08 bits per heavy atom. The molecule has 0 aliphatic carbocycles. The van der Waals surface area contributed by atoms with E-state index in [4.69, 9.17) is 0 Å². The molecule has 0 saturated carbocycles. The lowest BCUT2D eigenvalue weighted by molar-refractivity contribution is 0.0950. The number of para-hydroxylation sites is 1. The summed E-state index contributed by atoms with van der Waals surface area (Å²) in [6.45, 7) is 7.83. The van der Waals surface area contributed by atoms with Crippen molar-refractivity contribution in [2.24, 2.45) is 0 Å². The molecule has 0 bridgehead atoms. The Morgan fingerprint density at radius 3 is 2.42 bits per heavy atom. The van der Waals surface area contributed by atoms with Gasteiger partial charge in [0.05, 0.1) is 5.56 Å². The number of H-pyrrole nitrogens is 1. The minimum Gasteiger partial charge on any atom is -0.348 e. The number of aromatic amines is 1. The smallest absolute Gasteiger partial charge is 0.253 e. The van der Waals surface area contributed by atoms with Crippen LogP contribution in [0.5, 0.6) is 0 Å². The molecule has 0 atom stereocenters. The van der Waals surface area contributed by atoms with E-state index in [-0.39, 0.29) is 18.0 Å². The van der Waals surface area contributed by atoms with Gasteiger partial charge < -0.3 is 14.9 Å². The van der Waals surface area contributed by atoms with Crippen molar-refractivity contribution in [2.45, 2.75) is 34.2 Å². The summed E-state index contributed by atoms with van der Waals surface area (Å²) in [5, 5.41) is 2.88. The van der Waals surface area contributed by atoms with Crippen LogP contribution >= 0.6 is 0 Å². The average Bonchev–Trinajstić information content (AvgIpc) is 2.89. The van der Waals surface area contributed by atoms with Crippen LogP contribution in [0.25, 0.3) is 5.69 Å². The summed E-state index contributed by atoms with van der Waals surface area (Å²) in [4.78, 5) is 27.6. The maximum Gasteiger partial charge on any atom is 0.253 e. The summed E-state index contributed by atoms with van der Waals surface area (Å²) in [5.74, 6) is -0.181. The zero-order valence-corrected chi connectivity index (χ0v) is 15.5. The van der Waals surface area contributed by atoms with Gasteiger partial charge in [0.15, 0.2) is 0 Å². The number of aromatic nitrogens is 2. The van der Waals surface area contributed by atoms with Crippen molar-refractivity contribution in [1.29, 1.82) is 0 Å². The third-order valence-electron chi connectivity index (χ3n) is 4.61. The Hall–Kier alpha value is -3.08. The Morgan fingerprint density at radius 2 is 1.77 bits per heavy atom. The number of hydrogen-bond acceptors (Lipinski definition) is 2. The number of carbonyl (C=O) groups is 1. The molecule has 3 rings (SSSR count). The number of aryl methyl sites for hydroxylation is 3. The van der Waals surface area contributed by atoms with Gasteiger partial charge in [-0.25, -0.2) is 0 Å². The van der Waals surface area contributed by atoms with Gasteiger partial charge in [-0.15, -0.1) is 0 Å². The molecule has 0 unspecified atom stereocenters. The van der Waals surface area contributed by atoms with Crippen LogP contribution in [0.3, 0.4) is 0 Å². The van der Waals surface area contributed by atoms with Gasteiger partial charge in [0.25, 0.3) is 11.5 Å². The molecule has 5 heteroatoms. The van der Waals surface area contributed by atoms with E-state index in [9.17, 15) is 9.59 Å². The van der Waals surface area contributed by atoms with Crippen molar-refractivity contribution in [3.05, 3.63) is 86.6 Å². The molecule has 2 heterocycles. The van der Waals surface area contributed by atoms with Crippen molar-refractivity contribution in [3.63, 3.8) is 0 Å². The second-order valence-corrected chi connectivity index (χ2v) is 6.58. The zero-order chi connectivity index (χ0) is 18.8. The first-order chi connectivity index (χ1) is 12.4. The Bertz CT molecular complexity index is 1010. The molecule has 5 nitrogen and oxygen atoms in total. The van der Waals surface area contributed by atoms with Gasteiger partial charge >= 0.3 is 0 Å². The quantitative estimate of drug-likeness (QED) is 0.759. The van der Waals surface area contributed by atoms with E-state index >= 15 is 0 Å². The molecule has 0 fully saturated rings. The number of nitrogens with one attached hydrogen (secondary N) is 2. The molecule has 0 radical (unpaired) electrons. The standard InChI is InChI=1S/C21H23N3O2/c1-13-10-14(2)23-21(26)19(13)12-22-20(25)18-11-15(3)24(16(18)4)17-8-6-5-7-9-17/h5-11H,12H2,1-4H3,(H,22,25)(H,23,26). The van der Waals surface area contributed by atoms with Gasteiger partial charge in [0, 0.05) is 34.9 Å². The highest BCUT2D eigenvalue weighted by Gasteiger charge is 2.17. The van der Waals surface area contributed by atoms with Crippen molar-refractivity contribution < 1.29 is 4.79 Å². The zero-order valence-electron chi connectivity index (χ0n) is 15.5. The van der Waals surface area contributed by atoms with E-state index < -0.39 is 0 Å². The van der Waals surface area contributed by atoms with Crippen LogP contribution in [0.15, 0.2) is 47.3 Å². The molecular formula is C21H23N3O2. The number of carbonyl (C=O) groups excluding carboxylic acids is 1. The van der Waals surface area contributed by atoms with Crippen LogP contribution in [0.2, 0.25) is 0 Å². The summed E-state index contributed by atoms with van der Waals surface area (Å²) in [5.41, 5.74) is 5.62. The molecule has 3 aromatic rings. The lowest BCUT2D eigenvalue weighted by Gasteiger charge is -2.10. The lowest BCUT2D eigenvalue weighted by atomic mass is 10.1. The first-order valence-electron chi connectivity index (χ1n) is 8.60. The molecule has 0 spiro atoms. The maximum absolute atomic E-state index is 12.7. The van der Waals surface area contributed by atoms with Crippen molar-refractivity contribution in [2.75, 3.05) is 0 Å². The summed E-state index contributed by atoms with van der Waals surface area (Å²) in [7, 11) is 0. The first kappa shape index (κ1) is 17.7. The normalized spacial score (nSPS) is 10.8. The molecule has 0 aliphatic rings. The van der Waals surface area contributed by atoms with Gasteiger partial charge in [-0.3, -0.25) is 9.59 Å². The number of pyridine rings is 1. The highest BCUT2D eigenvalue weighted by atomic mass is 16.1. The van der Waals surface area contributed by atoms with E-state index in [1.807, 2.05) is 70.2 Å². The summed E-state index contributed by atoms with van der Waals surface area (Å²) < 4.78 is 2.05. The molecule has 2 aromatic heterocycles. The molecule has 1 amide bonds. The van der Waals surface area contributed by atoms with Crippen LogP contribution in [0.4, 0.5) is 0 Å². The van der Waals surface area contributed by atoms with Crippen LogP contribution in [-0.4, -0.2) is 15.5 Å². The summed E-state index contributed by atoms with van der Waals surface area (Å²) in [6, 6.07) is 13.7. The second kappa shape index (κ2) is 7.04. The van der Waals surface area contributed by atoms with Crippen LogP contribution in [0, 0.1) is 27.7 Å². The van der Waals surface area contributed by atoms with E-state index in [0.717, 1.165) is 28.3 Å². The number of nitrogens with zero attached hydrogens (tertiary/aromatic N) is 1. The van der Waals surface area contributed by atoms with E-state index in [1.165, 1.54) is 0 Å². The van der Waals surface area contributed by atoms with Crippen molar-refractivity contribution in [1.82, 2.24) is 14.9 Å². The molecule has 2 N–H and O–H groups in total. The van der Waals surface area contributed by atoms with E-state index in [2.05, 4.69) is 14.9 Å². The Balaban J connectivity index is 1.85. The van der Waals surface area contributed by atoms with Crippen LogP contribution in [0.1, 0.15) is 38.6 Å². The van der Waals surface area contributed by atoms with Gasteiger partial charge in [0.2, 0.25) is 0 Å². The predicted molar refractivity (Wildman–Crippen MR) is 103 cm³/mol. The Kier molecular flexibility index (Phi) is 4.80. The average molecular weight is 349 g/mol. The number of amides is 1. The molecule has 0 aliphatic heterocycles. The first-order valence-corrected chi connectivity index (χ1v) is 8.60. The third-order valence-corrected chi connectivity index (χ3v) is 4.61. The topological polar surface area (TPSA) is 66.9 Å². The van der Waals surface area contributed by atoms with Gasteiger partial charge in [-0.1, -0.05) is 18.2 Å².